The highest BCUT2D eigenvalue weighted by molar-refractivity contribution is 8.93. The minimum atomic E-state index is 0. The minimum Gasteiger partial charge on any atom is -0.508 e. The van der Waals surface area contributed by atoms with Crippen molar-refractivity contribution >= 4 is 28.6 Å². The molecule has 0 fully saturated rings. The van der Waals surface area contributed by atoms with E-state index in [9.17, 15) is 0 Å². The van der Waals surface area contributed by atoms with Gasteiger partial charge >= 0.3 is 0 Å². The lowest BCUT2D eigenvalue weighted by molar-refractivity contribution is 0.475. The van der Waals surface area contributed by atoms with Crippen molar-refractivity contribution in [3.63, 3.8) is 0 Å². The van der Waals surface area contributed by atoms with Crippen LogP contribution in [0.25, 0.3) is 11.1 Å². The Labute approximate surface area is 103 Å². The quantitative estimate of drug-likeness (QED) is 0.811. The maximum Gasteiger partial charge on any atom is 0.129 e. The largest absolute Gasteiger partial charge is 0.508 e. The first-order valence-corrected chi connectivity index (χ1v) is 4.54. The Morgan fingerprint density at radius 2 is 1.67 bits per heavy atom. The Balaban J connectivity index is 0.00000112. The molecular weight excluding hydrogens is 277 g/mol. The zero-order valence-corrected chi connectivity index (χ0v) is 10.2. The van der Waals surface area contributed by atoms with Crippen LogP contribution in [0.1, 0.15) is 0 Å². The summed E-state index contributed by atoms with van der Waals surface area (Å²) in [6.07, 6.45) is 1.66. The summed E-state index contributed by atoms with van der Waals surface area (Å²) in [6, 6.07) is 10.6. The molecule has 1 N–H and O–H groups in total. The average molecular weight is 287 g/mol. The molecule has 0 aliphatic rings. The van der Waals surface area contributed by atoms with Gasteiger partial charge in [0.05, 0.1) is 0 Å². The molecule has 1 aromatic carbocycles. The smallest absolute Gasteiger partial charge is 0.129 e. The third-order valence-electron chi connectivity index (χ3n) is 1.93. The summed E-state index contributed by atoms with van der Waals surface area (Å²) in [5.74, 6) is 0.258. The van der Waals surface area contributed by atoms with Crippen LogP contribution in [0, 0.1) is 0 Å². The van der Waals surface area contributed by atoms with Crippen molar-refractivity contribution in [3.05, 3.63) is 47.7 Å². The molecule has 0 unspecified atom stereocenters. The molecular formula is C11H9BrClNO. The summed E-state index contributed by atoms with van der Waals surface area (Å²) < 4.78 is 0. The summed E-state index contributed by atoms with van der Waals surface area (Å²) in [6.45, 7) is 0. The van der Waals surface area contributed by atoms with E-state index in [4.69, 9.17) is 16.7 Å². The number of aromatic hydroxyl groups is 1. The van der Waals surface area contributed by atoms with Crippen LogP contribution < -0.4 is 0 Å². The molecule has 2 rings (SSSR count). The second-order valence-corrected chi connectivity index (χ2v) is 3.30. The monoisotopic (exact) mass is 285 g/mol. The second-order valence-electron chi connectivity index (χ2n) is 2.91. The first-order valence-electron chi connectivity index (χ1n) is 4.17. The number of rotatable bonds is 1. The molecule has 0 spiro atoms. The van der Waals surface area contributed by atoms with E-state index in [1.807, 2.05) is 18.2 Å². The van der Waals surface area contributed by atoms with Gasteiger partial charge in [0, 0.05) is 6.20 Å². The van der Waals surface area contributed by atoms with Crippen molar-refractivity contribution in [3.8, 4) is 16.9 Å². The van der Waals surface area contributed by atoms with Crippen molar-refractivity contribution in [2.75, 3.05) is 0 Å². The van der Waals surface area contributed by atoms with Crippen molar-refractivity contribution in [1.82, 2.24) is 4.98 Å². The average Bonchev–Trinajstić information content (AvgIpc) is 2.19. The van der Waals surface area contributed by atoms with Crippen molar-refractivity contribution in [1.29, 1.82) is 0 Å². The van der Waals surface area contributed by atoms with Crippen LogP contribution >= 0.6 is 28.6 Å². The molecule has 0 saturated carbocycles. The third-order valence-corrected chi connectivity index (χ3v) is 2.13. The fourth-order valence-electron chi connectivity index (χ4n) is 1.24. The number of phenols is 1. The molecule has 78 valence electrons. The minimum absolute atomic E-state index is 0. The van der Waals surface area contributed by atoms with E-state index in [2.05, 4.69) is 4.98 Å². The maximum atomic E-state index is 9.12. The summed E-state index contributed by atoms with van der Waals surface area (Å²) in [5.41, 5.74) is 2.00. The molecule has 2 nitrogen and oxygen atoms in total. The van der Waals surface area contributed by atoms with Gasteiger partial charge in [-0.2, -0.15) is 0 Å². The van der Waals surface area contributed by atoms with E-state index >= 15 is 0 Å². The van der Waals surface area contributed by atoms with Gasteiger partial charge in [0.1, 0.15) is 10.9 Å². The number of phenolic OH excluding ortho intramolecular Hbond substituents is 1. The zero-order chi connectivity index (χ0) is 9.97. The fraction of sp³-hybridized carbons (Fsp3) is 0. The topological polar surface area (TPSA) is 33.1 Å². The molecule has 0 atom stereocenters. The first-order chi connectivity index (χ1) is 6.75. The van der Waals surface area contributed by atoms with Crippen LogP contribution in [0.2, 0.25) is 5.15 Å². The molecule has 2 aromatic rings. The number of aromatic nitrogens is 1. The SMILES string of the molecule is Br.Oc1ccc(-c2ccnc(Cl)c2)cc1. The molecule has 0 aliphatic carbocycles. The number of hydrogen-bond acceptors (Lipinski definition) is 2. The molecule has 1 heterocycles. The molecule has 15 heavy (non-hydrogen) atoms. The maximum absolute atomic E-state index is 9.12. The van der Waals surface area contributed by atoms with Crippen molar-refractivity contribution in [2.24, 2.45) is 0 Å². The van der Waals surface area contributed by atoms with E-state index in [0.29, 0.717) is 5.15 Å². The molecule has 4 heteroatoms. The predicted molar refractivity (Wildman–Crippen MR) is 66.7 cm³/mol. The first kappa shape index (κ1) is 12.0. The molecule has 1 aromatic heterocycles. The van der Waals surface area contributed by atoms with E-state index in [1.54, 1.807) is 24.4 Å². The summed E-state index contributed by atoms with van der Waals surface area (Å²) in [5, 5.41) is 9.59. The van der Waals surface area contributed by atoms with Gasteiger partial charge in [-0.05, 0) is 35.4 Å². The normalized spacial score (nSPS) is 9.40. The van der Waals surface area contributed by atoms with Gasteiger partial charge in [-0.1, -0.05) is 23.7 Å². The number of pyridine rings is 1. The van der Waals surface area contributed by atoms with Crippen LogP contribution in [0.15, 0.2) is 42.6 Å². The fourth-order valence-corrected chi connectivity index (χ4v) is 1.41. The highest BCUT2D eigenvalue weighted by Gasteiger charge is 1.98. The zero-order valence-electron chi connectivity index (χ0n) is 7.72. The van der Waals surface area contributed by atoms with Gasteiger partial charge in [0.25, 0.3) is 0 Å². The Morgan fingerprint density at radius 1 is 1.00 bits per heavy atom. The van der Waals surface area contributed by atoms with Gasteiger partial charge in [-0.25, -0.2) is 4.98 Å². The lowest BCUT2D eigenvalue weighted by Crippen LogP contribution is -1.79. The van der Waals surface area contributed by atoms with Gasteiger partial charge < -0.3 is 5.11 Å². The van der Waals surface area contributed by atoms with E-state index in [0.717, 1.165) is 11.1 Å². The van der Waals surface area contributed by atoms with Crippen LogP contribution in [0.3, 0.4) is 0 Å². The van der Waals surface area contributed by atoms with Crippen LogP contribution in [0.5, 0.6) is 5.75 Å². The van der Waals surface area contributed by atoms with E-state index in [-0.39, 0.29) is 22.7 Å². The van der Waals surface area contributed by atoms with Gasteiger partial charge in [0.15, 0.2) is 0 Å². The number of nitrogens with zero attached hydrogens (tertiary/aromatic N) is 1. The third kappa shape index (κ3) is 2.94. The number of hydrogen-bond donors (Lipinski definition) is 1. The second kappa shape index (κ2) is 5.14. The predicted octanol–water partition coefficient (Wildman–Crippen LogP) is 3.69. The van der Waals surface area contributed by atoms with Crippen LogP contribution in [-0.2, 0) is 0 Å². The standard InChI is InChI=1S/C11H8ClNO.BrH/c12-11-7-9(5-6-13-11)8-1-3-10(14)4-2-8;/h1-7,14H;1H. The Kier molecular flexibility index (Phi) is 4.12. The Hall–Kier alpha value is -1.06. The Morgan fingerprint density at radius 3 is 2.27 bits per heavy atom. The molecule has 0 amide bonds. The van der Waals surface area contributed by atoms with E-state index in [1.165, 1.54) is 0 Å². The summed E-state index contributed by atoms with van der Waals surface area (Å²) in [7, 11) is 0. The molecule has 0 aliphatic heterocycles. The Bertz CT molecular complexity index is 445. The lowest BCUT2D eigenvalue weighted by atomic mass is 10.1. The van der Waals surface area contributed by atoms with Crippen LogP contribution in [-0.4, -0.2) is 10.1 Å². The highest BCUT2D eigenvalue weighted by atomic mass is 79.9. The molecule has 0 bridgehead atoms. The lowest BCUT2D eigenvalue weighted by Gasteiger charge is -2.01. The highest BCUT2D eigenvalue weighted by Crippen LogP contribution is 2.22. The van der Waals surface area contributed by atoms with Crippen LogP contribution in [0.4, 0.5) is 0 Å². The van der Waals surface area contributed by atoms with Crippen molar-refractivity contribution < 1.29 is 5.11 Å². The number of benzene rings is 1. The summed E-state index contributed by atoms with van der Waals surface area (Å²) >= 11 is 5.77. The van der Waals surface area contributed by atoms with Gasteiger partial charge in [-0.3, -0.25) is 0 Å². The summed E-state index contributed by atoms with van der Waals surface area (Å²) in [4.78, 5) is 3.90. The molecule has 0 saturated heterocycles. The van der Waals surface area contributed by atoms with E-state index < -0.39 is 0 Å². The molecule has 0 radical (unpaired) electrons. The van der Waals surface area contributed by atoms with Crippen molar-refractivity contribution in [2.45, 2.75) is 0 Å². The number of halogens is 2. The van der Waals surface area contributed by atoms with Gasteiger partial charge in [0.2, 0.25) is 0 Å². The van der Waals surface area contributed by atoms with Gasteiger partial charge in [-0.15, -0.1) is 17.0 Å².